The lowest BCUT2D eigenvalue weighted by molar-refractivity contribution is 0.626. The number of nitrogens with zero attached hydrogens (tertiary/aromatic N) is 1. The lowest BCUT2D eigenvalue weighted by Crippen LogP contribution is -1.80. The number of hydrogen-bond acceptors (Lipinski definition) is 3. The van der Waals surface area contributed by atoms with Crippen LogP contribution in [-0.4, -0.2) is 4.98 Å². The minimum atomic E-state index is 0.234. The Kier molecular flexibility index (Phi) is 1.50. The van der Waals surface area contributed by atoms with Crippen molar-refractivity contribution in [3.8, 4) is 0 Å². The molecule has 1 aromatic carbocycles. The van der Waals surface area contributed by atoms with Gasteiger partial charge in [-0.1, -0.05) is 13.0 Å². The monoisotopic (exact) mass is 162 g/mol. The Morgan fingerprint density at radius 3 is 3.08 bits per heavy atom. The molecule has 3 heteroatoms. The molecule has 0 amide bonds. The largest absolute Gasteiger partial charge is 0.424 e. The van der Waals surface area contributed by atoms with Crippen molar-refractivity contribution in [1.29, 1.82) is 0 Å². The molecular formula is C9H10N2O. The highest BCUT2D eigenvalue weighted by molar-refractivity contribution is 5.74. The molecule has 0 radical (unpaired) electrons. The van der Waals surface area contributed by atoms with Crippen molar-refractivity contribution in [2.24, 2.45) is 0 Å². The van der Waals surface area contributed by atoms with Crippen LogP contribution in [0.3, 0.4) is 0 Å². The van der Waals surface area contributed by atoms with Crippen LogP contribution in [0.15, 0.2) is 22.6 Å². The number of aryl methyl sites for hydroxylation is 1. The van der Waals surface area contributed by atoms with E-state index >= 15 is 0 Å². The van der Waals surface area contributed by atoms with Crippen LogP contribution in [0.5, 0.6) is 0 Å². The second-order valence-corrected chi connectivity index (χ2v) is 2.71. The fourth-order valence-corrected chi connectivity index (χ4v) is 1.21. The first-order valence-corrected chi connectivity index (χ1v) is 3.94. The van der Waals surface area contributed by atoms with Crippen molar-refractivity contribution in [2.45, 2.75) is 13.3 Å². The Bertz CT molecular complexity index is 406. The van der Waals surface area contributed by atoms with Gasteiger partial charge < -0.3 is 10.2 Å². The average Bonchev–Trinajstić information content (AvgIpc) is 2.43. The van der Waals surface area contributed by atoms with Gasteiger partial charge in [0, 0.05) is 0 Å². The van der Waals surface area contributed by atoms with Crippen LogP contribution in [-0.2, 0) is 6.42 Å². The van der Waals surface area contributed by atoms with E-state index in [1.807, 2.05) is 18.2 Å². The van der Waals surface area contributed by atoms with Gasteiger partial charge in [0.05, 0.1) is 0 Å². The van der Waals surface area contributed by atoms with Crippen LogP contribution < -0.4 is 5.73 Å². The summed E-state index contributed by atoms with van der Waals surface area (Å²) in [5.41, 5.74) is 8.23. The van der Waals surface area contributed by atoms with Gasteiger partial charge in [-0.2, -0.15) is 4.98 Å². The predicted octanol–water partition coefficient (Wildman–Crippen LogP) is 1.97. The summed E-state index contributed by atoms with van der Waals surface area (Å²) in [6, 6.07) is 6.16. The molecule has 0 aliphatic heterocycles. The molecule has 2 N–H and O–H groups in total. The first-order valence-electron chi connectivity index (χ1n) is 3.94. The van der Waals surface area contributed by atoms with E-state index in [0.29, 0.717) is 0 Å². The van der Waals surface area contributed by atoms with E-state index in [2.05, 4.69) is 11.9 Å². The highest BCUT2D eigenvalue weighted by Crippen LogP contribution is 2.18. The van der Waals surface area contributed by atoms with E-state index in [4.69, 9.17) is 10.2 Å². The molecule has 0 aliphatic carbocycles. The van der Waals surface area contributed by atoms with Crippen LogP contribution in [0.25, 0.3) is 11.1 Å². The number of benzene rings is 1. The number of hydrogen-bond donors (Lipinski definition) is 1. The molecule has 0 saturated heterocycles. The fourth-order valence-electron chi connectivity index (χ4n) is 1.21. The molecule has 0 bridgehead atoms. The van der Waals surface area contributed by atoms with Crippen LogP contribution >= 0.6 is 0 Å². The lowest BCUT2D eigenvalue weighted by atomic mass is 10.2. The third kappa shape index (κ3) is 1.03. The van der Waals surface area contributed by atoms with Gasteiger partial charge in [-0.05, 0) is 24.1 Å². The summed E-state index contributed by atoms with van der Waals surface area (Å²) in [5.74, 6) is 0. The molecule has 12 heavy (non-hydrogen) atoms. The highest BCUT2D eigenvalue weighted by atomic mass is 16.4. The third-order valence-corrected chi connectivity index (χ3v) is 1.88. The standard InChI is InChI=1S/C9H10N2O/c1-2-6-3-4-7-8(5-6)12-9(10)11-7/h3-5H,2H2,1H3,(H2,10,11). The molecule has 2 rings (SSSR count). The van der Waals surface area contributed by atoms with Gasteiger partial charge in [-0.15, -0.1) is 0 Å². The Morgan fingerprint density at radius 1 is 1.50 bits per heavy atom. The smallest absolute Gasteiger partial charge is 0.292 e. The summed E-state index contributed by atoms with van der Waals surface area (Å²) in [7, 11) is 0. The number of rotatable bonds is 1. The minimum Gasteiger partial charge on any atom is -0.424 e. The van der Waals surface area contributed by atoms with E-state index in [1.54, 1.807) is 0 Å². The topological polar surface area (TPSA) is 52.0 Å². The molecule has 0 spiro atoms. The molecule has 0 atom stereocenters. The zero-order chi connectivity index (χ0) is 8.55. The Balaban J connectivity index is 2.66. The zero-order valence-corrected chi connectivity index (χ0v) is 6.87. The van der Waals surface area contributed by atoms with E-state index < -0.39 is 0 Å². The number of nitrogens with two attached hydrogens (primary N) is 1. The third-order valence-electron chi connectivity index (χ3n) is 1.88. The zero-order valence-electron chi connectivity index (χ0n) is 6.87. The normalized spacial score (nSPS) is 10.8. The van der Waals surface area contributed by atoms with Crippen LogP contribution in [0.2, 0.25) is 0 Å². The number of anilines is 1. The lowest BCUT2D eigenvalue weighted by Gasteiger charge is -1.92. The first kappa shape index (κ1) is 7.16. The van der Waals surface area contributed by atoms with Gasteiger partial charge >= 0.3 is 0 Å². The molecule has 0 saturated carbocycles. The summed E-state index contributed by atoms with van der Waals surface area (Å²) in [4.78, 5) is 4.00. The van der Waals surface area contributed by atoms with E-state index in [0.717, 1.165) is 17.5 Å². The maximum Gasteiger partial charge on any atom is 0.292 e. The van der Waals surface area contributed by atoms with Gasteiger partial charge in [0.1, 0.15) is 5.52 Å². The van der Waals surface area contributed by atoms with Crippen LogP contribution in [0.4, 0.5) is 6.01 Å². The quantitative estimate of drug-likeness (QED) is 0.697. The van der Waals surface area contributed by atoms with Crippen molar-refractivity contribution in [1.82, 2.24) is 4.98 Å². The van der Waals surface area contributed by atoms with Gasteiger partial charge in [-0.3, -0.25) is 0 Å². The van der Waals surface area contributed by atoms with Crippen molar-refractivity contribution in [3.05, 3.63) is 23.8 Å². The molecule has 2 aromatic rings. The molecule has 62 valence electrons. The van der Waals surface area contributed by atoms with Gasteiger partial charge in [0.25, 0.3) is 6.01 Å². The molecule has 3 nitrogen and oxygen atoms in total. The Morgan fingerprint density at radius 2 is 2.33 bits per heavy atom. The number of nitrogen functional groups attached to an aromatic ring is 1. The molecule has 0 unspecified atom stereocenters. The summed E-state index contributed by atoms with van der Waals surface area (Å²) in [6.45, 7) is 2.10. The second kappa shape index (κ2) is 2.52. The van der Waals surface area contributed by atoms with Gasteiger partial charge in [0.2, 0.25) is 0 Å². The SMILES string of the molecule is CCc1ccc2nc(N)oc2c1. The van der Waals surface area contributed by atoms with Crippen LogP contribution in [0.1, 0.15) is 12.5 Å². The van der Waals surface area contributed by atoms with Crippen molar-refractivity contribution in [3.63, 3.8) is 0 Å². The summed E-state index contributed by atoms with van der Waals surface area (Å²) in [5, 5.41) is 0. The number of oxazole rings is 1. The van der Waals surface area contributed by atoms with Crippen LogP contribution in [0, 0.1) is 0 Å². The Hall–Kier alpha value is -1.51. The number of aromatic nitrogens is 1. The molecule has 0 fully saturated rings. The average molecular weight is 162 g/mol. The summed E-state index contributed by atoms with van der Waals surface area (Å²) in [6.07, 6.45) is 0.997. The van der Waals surface area contributed by atoms with E-state index in [1.165, 1.54) is 5.56 Å². The summed E-state index contributed by atoms with van der Waals surface area (Å²) < 4.78 is 5.18. The number of fused-ring (bicyclic) bond motifs is 1. The maximum absolute atomic E-state index is 5.40. The molecule has 1 aromatic heterocycles. The van der Waals surface area contributed by atoms with E-state index in [-0.39, 0.29) is 6.01 Å². The van der Waals surface area contributed by atoms with E-state index in [9.17, 15) is 0 Å². The second-order valence-electron chi connectivity index (χ2n) is 2.71. The fraction of sp³-hybridized carbons (Fsp3) is 0.222. The predicted molar refractivity (Wildman–Crippen MR) is 47.8 cm³/mol. The molecule has 0 aliphatic rings. The first-order chi connectivity index (χ1) is 5.79. The maximum atomic E-state index is 5.40. The summed E-state index contributed by atoms with van der Waals surface area (Å²) >= 11 is 0. The Labute approximate surface area is 70.2 Å². The highest BCUT2D eigenvalue weighted by Gasteiger charge is 2.01. The van der Waals surface area contributed by atoms with Crippen molar-refractivity contribution < 1.29 is 4.42 Å². The molecular weight excluding hydrogens is 152 g/mol. The minimum absolute atomic E-state index is 0.234. The van der Waals surface area contributed by atoms with Crippen molar-refractivity contribution in [2.75, 3.05) is 5.73 Å². The van der Waals surface area contributed by atoms with Gasteiger partial charge in [0.15, 0.2) is 5.58 Å². The van der Waals surface area contributed by atoms with Gasteiger partial charge in [-0.25, -0.2) is 0 Å². The molecule has 1 heterocycles. The van der Waals surface area contributed by atoms with Crippen molar-refractivity contribution >= 4 is 17.1 Å².